The van der Waals surface area contributed by atoms with E-state index >= 15 is 0 Å². The highest BCUT2D eigenvalue weighted by molar-refractivity contribution is 6.67. The molecule has 0 aliphatic rings. The van der Waals surface area contributed by atoms with Crippen LogP contribution in [-0.2, 0) is 5.21 Å². The van der Waals surface area contributed by atoms with Crippen LogP contribution in [0.1, 0.15) is 5.82 Å². The Balaban J connectivity index is 1.66. The van der Waals surface area contributed by atoms with E-state index in [1.54, 1.807) is 0 Å². The second-order valence-corrected chi connectivity index (χ2v) is 12.9. The molecule has 0 radical (unpaired) electrons. The molecule has 2 nitrogen and oxygen atoms in total. The highest BCUT2D eigenvalue weighted by Crippen LogP contribution is 2.46. The first-order valence-electron chi connectivity index (χ1n) is 14.8. The largest absolute Gasteiger partial charge is 0.296 e. The van der Waals surface area contributed by atoms with Crippen LogP contribution in [0.4, 0.5) is 0 Å². The minimum Gasteiger partial charge on any atom is -0.296 e. The fraction of sp³-hybridized carbons (Fsp3) is 0.0571. The van der Waals surface area contributed by atoms with Crippen LogP contribution in [0.25, 0.3) is 60.5 Å². The molecule has 0 saturated heterocycles. The summed E-state index contributed by atoms with van der Waals surface area (Å²) in [6.07, 6.45) is 0. The third-order valence-electron chi connectivity index (χ3n) is 9.40. The summed E-state index contributed by atoms with van der Waals surface area (Å²) in [7, 11) is 11.6. The Morgan fingerprint density at radius 1 is 0.500 bits per heavy atom. The maximum atomic E-state index is 5.34. The first-order valence-corrected chi connectivity index (χ1v) is 14.8. The molecule has 0 atom stereocenters. The van der Waals surface area contributed by atoms with Crippen molar-refractivity contribution in [2.75, 3.05) is 0 Å². The quantitative estimate of drug-likeness (QED) is 0.241. The summed E-state index contributed by atoms with van der Waals surface area (Å²) >= 11 is 0. The van der Waals surface area contributed by atoms with Gasteiger partial charge in [0.1, 0.15) is 21.5 Å². The van der Waals surface area contributed by atoms with Gasteiger partial charge in [-0.25, -0.2) is 4.98 Å². The van der Waals surface area contributed by atoms with Gasteiger partial charge in [0, 0.05) is 10.8 Å². The van der Waals surface area contributed by atoms with Crippen molar-refractivity contribution < 1.29 is 0 Å². The van der Waals surface area contributed by atoms with E-state index < -0.39 is 0 Å². The Bertz CT molecular complexity index is 2050. The molecular weight excluding hydrogens is 502 g/mol. The number of hydrogen-bond acceptors (Lipinski definition) is 1. The lowest BCUT2D eigenvalue weighted by molar-refractivity contribution is 0.759. The van der Waals surface area contributed by atoms with Crippen LogP contribution >= 0.6 is 0 Å². The molecule has 0 aliphatic heterocycles. The fourth-order valence-electron chi connectivity index (χ4n) is 6.21. The number of imidazole rings is 1. The lowest BCUT2D eigenvalue weighted by atomic mass is 9.23. The van der Waals surface area contributed by atoms with Gasteiger partial charge in [0.05, 0.1) is 40.3 Å². The lowest BCUT2D eigenvalue weighted by Gasteiger charge is -2.39. The van der Waals surface area contributed by atoms with Crippen molar-refractivity contribution >= 4 is 71.8 Å². The zero-order valence-electron chi connectivity index (χ0n) is 25.0. The Morgan fingerprint density at radius 2 is 1.00 bits per heavy atom. The molecule has 42 heavy (non-hydrogen) atoms. The number of para-hydroxylation sites is 2. The summed E-state index contributed by atoms with van der Waals surface area (Å²) in [6.45, 7) is 0. The molecule has 0 bridgehead atoms. The minimum atomic E-state index is -0.202. The van der Waals surface area contributed by atoms with Crippen molar-refractivity contribution in [1.82, 2.24) is 9.55 Å². The lowest BCUT2D eigenvalue weighted by Crippen LogP contribution is -2.45. The second-order valence-electron chi connectivity index (χ2n) is 12.9. The molecule has 0 N–H and O–H groups in total. The summed E-state index contributed by atoms with van der Waals surface area (Å²) in [5, 5.41) is 4.73. The Kier molecular flexibility index (Phi) is 6.24. The number of fused-ring (bicyclic) bond motifs is 3. The summed E-state index contributed by atoms with van der Waals surface area (Å²) in [4.78, 5) is 5.34. The maximum Gasteiger partial charge on any atom is 0.106 e. The van der Waals surface area contributed by atoms with E-state index in [4.69, 9.17) is 4.98 Å². The normalized spacial score (nSPS) is 12.3. The number of nitrogens with zero attached hydrogens (tertiary/aromatic N) is 2. The van der Waals surface area contributed by atoms with Crippen LogP contribution in [0.15, 0.2) is 127 Å². The van der Waals surface area contributed by atoms with Crippen molar-refractivity contribution in [1.29, 1.82) is 0 Å². The first-order chi connectivity index (χ1) is 20.3. The molecule has 0 unspecified atom stereocenters. The Hall–Kier alpha value is -4.37. The van der Waals surface area contributed by atoms with Crippen LogP contribution in [0.3, 0.4) is 0 Å². The zero-order chi connectivity index (χ0) is 29.1. The van der Waals surface area contributed by atoms with E-state index in [0.717, 1.165) is 16.9 Å². The second kappa shape index (κ2) is 9.88. The van der Waals surface area contributed by atoms with Crippen LogP contribution in [0, 0.1) is 0 Å². The predicted molar refractivity (Wildman–Crippen MR) is 194 cm³/mol. The van der Waals surface area contributed by atoms with Crippen LogP contribution in [0.2, 0.25) is 5.11 Å². The summed E-state index contributed by atoms with van der Waals surface area (Å²) < 4.78 is 2.46. The van der Waals surface area contributed by atoms with Gasteiger partial charge < -0.3 is 0 Å². The molecule has 7 rings (SSSR count). The van der Waals surface area contributed by atoms with E-state index in [1.165, 1.54) is 49.5 Å². The van der Waals surface area contributed by atoms with E-state index in [-0.39, 0.29) is 10.3 Å². The van der Waals surface area contributed by atoms with Gasteiger partial charge >= 0.3 is 0 Å². The van der Waals surface area contributed by atoms with E-state index in [1.807, 2.05) is 0 Å². The highest BCUT2D eigenvalue weighted by Gasteiger charge is 2.39. The van der Waals surface area contributed by atoms with Gasteiger partial charge in [-0.05, 0) is 50.4 Å². The van der Waals surface area contributed by atoms with Crippen LogP contribution in [0.5, 0.6) is 0 Å². The van der Waals surface area contributed by atoms with Gasteiger partial charge in [0.2, 0.25) is 0 Å². The molecule has 0 amide bonds. The SMILES string of the molecule is BC(B)(B)C(B)(B)c1nc2ccccc2n1-c1c2ccccc2c(-c2ccccc2-c2ccccc2)c2ccccc12. The standard InChI is InChI=1S/C35H31B5N2/c36-34(37,35(38,39)40)33-41-29-20-10-11-21-30(29)42(33)32-27-18-8-6-16-25(27)31(26-17-7-9-19-28(26)32)24-15-5-4-14-23(24)22-12-2-1-3-13-22/h1-21H,36-40H2. The van der Waals surface area contributed by atoms with Crippen molar-refractivity contribution in [3.8, 4) is 27.9 Å². The smallest absolute Gasteiger partial charge is 0.106 e. The highest BCUT2D eigenvalue weighted by atomic mass is 15.1. The topological polar surface area (TPSA) is 17.8 Å². The molecule has 7 heteroatoms. The Morgan fingerprint density at radius 3 is 1.62 bits per heavy atom. The molecular formula is C35H31B5N2. The van der Waals surface area contributed by atoms with Crippen molar-refractivity contribution in [3.05, 3.63) is 133 Å². The van der Waals surface area contributed by atoms with E-state index in [9.17, 15) is 0 Å². The number of rotatable bonds is 5. The van der Waals surface area contributed by atoms with Gasteiger partial charge in [-0.3, -0.25) is 4.57 Å². The summed E-state index contributed by atoms with van der Waals surface area (Å²) in [5.74, 6) is 1.09. The number of aromatic nitrogens is 2. The number of hydrogen-bond donors (Lipinski definition) is 0. The average molecular weight is 534 g/mol. The molecule has 0 saturated carbocycles. The van der Waals surface area contributed by atoms with Crippen molar-refractivity contribution in [2.45, 2.75) is 10.3 Å². The minimum absolute atomic E-state index is 0.00764. The molecule has 0 aliphatic carbocycles. The zero-order valence-corrected chi connectivity index (χ0v) is 25.0. The monoisotopic (exact) mass is 534 g/mol. The van der Waals surface area contributed by atoms with Gasteiger partial charge in [-0.2, -0.15) is 0 Å². The predicted octanol–water partition coefficient (Wildman–Crippen LogP) is 4.06. The average Bonchev–Trinajstić information content (AvgIpc) is 3.40. The summed E-state index contributed by atoms with van der Waals surface area (Å²) in [6, 6.07) is 45.9. The molecule has 1 aromatic heterocycles. The molecule has 6 aromatic carbocycles. The van der Waals surface area contributed by atoms with Crippen molar-refractivity contribution in [3.63, 3.8) is 0 Å². The first kappa shape index (κ1) is 26.5. The number of benzene rings is 6. The van der Waals surface area contributed by atoms with E-state index in [0.29, 0.717) is 0 Å². The van der Waals surface area contributed by atoms with E-state index in [2.05, 4.69) is 171 Å². The molecule has 1 heterocycles. The molecule has 0 spiro atoms. The van der Waals surface area contributed by atoms with Gasteiger partial charge in [-0.1, -0.05) is 115 Å². The van der Waals surface area contributed by atoms with Gasteiger partial charge in [0.25, 0.3) is 0 Å². The maximum absolute atomic E-state index is 5.34. The van der Waals surface area contributed by atoms with Gasteiger partial charge in [0.15, 0.2) is 0 Å². The fourth-order valence-corrected chi connectivity index (χ4v) is 6.21. The third kappa shape index (κ3) is 4.06. The molecule has 196 valence electrons. The molecule has 7 aromatic rings. The third-order valence-corrected chi connectivity index (χ3v) is 9.40. The molecule has 0 fully saturated rings. The summed E-state index contributed by atoms with van der Waals surface area (Å²) in [5.41, 5.74) is 8.33. The van der Waals surface area contributed by atoms with Crippen LogP contribution in [-0.4, -0.2) is 48.8 Å². The van der Waals surface area contributed by atoms with Crippen LogP contribution < -0.4 is 0 Å². The van der Waals surface area contributed by atoms with Gasteiger partial charge in [-0.15, -0.1) is 5.11 Å². The van der Waals surface area contributed by atoms with Crippen molar-refractivity contribution in [2.24, 2.45) is 0 Å². The Labute approximate surface area is 252 Å².